The van der Waals surface area contributed by atoms with E-state index in [0.717, 1.165) is 0 Å². The van der Waals surface area contributed by atoms with Crippen LogP contribution in [0.2, 0.25) is 5.22 Å². The van der Waals surface area contributed by atoms with Crippen molar-refractivity contribution in [3.63, 3.8) is 0 Å². The molecule has 0 unspecified atom stereocenters. The molecule has 2 aromatic rings. The Morgan fingerprint density at radius 2 is 2.29 bits per heavy atom. The number of fused-ring (bicyclic) bond motifs is 1. The van der Waals surface area contributed by atoms with Crippen LogP contribution in [-0.4, -0.2) is 13.4 Å². The first-order valence-corrected chi connectivity index (χ1v) is 4.36. The largest absolute Gasteiger partial charge is 0.496 e. The standard InChI is InChI=1S/C10H7ClO3/c1-13-7-3-2-4-8-9(7)6(5-12)10(11)14-8/h2-5H,1H3. The van der Waals surface area contributed by atoms with Crippen LogP contribution < -0.4 is 4.74 Å². The predicted octanol–water partition coefficient (Wildman–Crippen LogP) is 2.91. The second-order valence-electron chi connectivity index (χ2n) is 2.74. The third-order valence-corrected chi connectivity index (χ3v) is 2.29. The number of benzene rings is 1. The summed E-state index contributed by atoms with van der Waals surface area (Å²) in [5.41, 5.74) is 0.885. The molecular formula is C10H7ClO3. The van der Waals surface area contributed by atoms with E-state index in [1.165, 1.54) is 7.11 Å². The molecule has 0 aliphatic carbocycles. The molecule has 1 heterocycles. The summed E-state index contributed by atoms with van der Waals surface area (Å²) in [6.45, 7) is 0. The van der Waals surface area contributed by atoms with Crippen molar-refractivity contribution in [2.45, 2.75) is 0 Å². The Kier molecular flexibility index (Phi) is 2.17. The molecule has 1 aromatic carbocycles. The predicted molar refractivity (Wildman–Crippen MR) is 53.2 cm³/mol. The number of hydrogen-bond acceptors (Lipinski definition) is 3. The van der Waals surface area contributed by atoms with Crippen molar-refractivity contribution in [1.82, 2.24) is 0 Å². The molecule has 0 bridgehead atoms. The lowest BCUT2D eigenvalue weighted by Crippen LogP contribution is -1.85. The zero-order valence-corrected chi connectivity index (χ0v) is 8.17. The maximum Gasteiger partial charge on any atom is 0.205 e. The highest BCUT2D eigenvalue weighted by atomic mass is 35.5. The van der Waals surface area contributed by atoms with Crippen molar-refractivity contribution in [2.24, 2.45) is 0 Å². The van der Waals surface area contributed by atoms with Crippen molar-refractivity contribution in [3.8, 4) is 5.75 Å². The molecule has 0 N–H and O–H groups in total. The summed E-state index contributed by atoms with van der Waals surface area (Å²) in [7, 11) is 1.53. The topological polar surface area (TPSA) is 39.4 Å². The highest BCUT2D eigenvalue weighted by Gasteiger charge is 2.15. The number of methoxy groups -OCH3 is 1. The second-order valence-corrected chi connectivity index (χ2v) is 3.08. The maximum atomic E-state index is 10.8. The monoisotopic (exact) mass is 210 g/mol. The van der Waals surface area contributed by atoms with Gasteiger partial charge >= 0.3 is 0 Å². The second kappa shape index (κ2) is 3.35. The summed E-state index contributed by atoms with van der Waals surface area (Å²) < 4.78 is 10.3. The van der Waals surface area contributed by atoms with Crippen LogP contribution in [0.1, 0.15) is 10.4 Å². The van der Waals surface area contributed by atoms with E-state index in [0.29, 0.717) is 28.6 Å². The van der Waals surface area contributed by atoms with E-state index < -0.39 is 0 Å². The molecule has 0 spiro atoms. The van der Waals surface area contributed by atoms with Crippen LogP contribution >= 0.6 is 11.6 Å². The molecule has 0 aliphatic rings. The zero-order valence-electron chi connectivity index (χ0n) is 7.41. The van der Waals surface area contributed by atoms with Crippen LogP contribution in [0.4, 0.5) is 0 Å². The van der Waals surface area contributed by atoms with Crippen LogP contribution in [-0.2, 0) is 0 Å². The zero-order chi connectivity index (χ0) is 10.1. The quantitative estimate of drug-likeness (QED) is 0.716. The molecule has 0 atom stereocenters. The van der Waals surface area contributed by atoms with E-state index >= 15 is 0 Å². The number of hydrogen-bond donors (Lipinski definition) is 0. The number of aldehydes is 1. The van der Waals surface area contributed by atoms with Crippen molar-refractivity contribution in [2.75, 3.05) is 7.11 Å². The van der Waals surface area contributed by atoms with E-state index in [1.807, 2.05) is 0 Å². The molecule has 0 fully saturated rings. The summed E-state index contributed by atoms with van der Waals surface area (Å²) in [4.78, 5) is 10.8. The number of furan rings is 1. The molecule has 72 valence electrons. The van der Waals surface area contributed by atoms with Gasteiger partial charge < -0.3 is 9.15 Å². The molecule has 4 heteroatoms. The van der Waals surface area contributed by atoms with E-state index in [-0.39, 0.29) is 5.22 Å². The molecule has 0 amide bonds. The minimum absolute atomic E-state index is 0.0968. The smallest absolute Gasteiger partial charge is 0.205 e. The van der Waals surface area contributed by atoms with Gasteiger partial charge in [-0.2, -0.15) is 0 Å². The molecule has 0 saturated heterocycles. The SMILES string of the molecule is COc1cccc2oc(Cl)c(C=O)c12. The third kappa shape index (κ3) is 1.17. The summed E-state index contributed by atoms with van der Waals surface area (Å²) in [6, 6.07) is 5.26. The van der Waals surface area contributed by atoms with Crippen LogP contribution in [0.3, 0.4) is 0 Å². The average molecular weight is 211 g/mol. The first-order valence-electron chi connectivity index (χ1n) is 3.98. The van der Waals surface area contributed by atoms with Gasteiger partial charge in [-0.15, -0.1) is 0 Å². The normalized spacial score (nSPS) is 10.4. The van der Waals surface area contributed by atoms with Gasteiger partial charge in [0.1, 0.15) is 11.3 Å². The van der Waals surface area contributed by atoms with Crippen molar-refractivity contribution in [3.05, 3.63) is 29.0 Å². The Morgan fingerprint density at radius 1 is 1.50 bits per heavy atom. The number of rotatable bonds is 2. The van der Waals surface area contributed by atoms with E-state index in [2.05, 4.69) is 0 Å². The first kappa shape index (κ1) is 9.09. The highest BCUT2D eigenvalue weighted by Crippen LogP contribution is 2.34. The van der Waals surface area contributed by atoms with Crippen LogP contribution in [0, 0.1) is 0 Å². The summed E-state index contributed by atoms with van der Waals surface area (Å²) in [5, 5.41) is 0.717. The Labute approximate surface area is 85.2 Å². The van der Waals surface area contributed by atoms with Crippen LogP contribution in [0.15, 0.2) is 22.6 Å². The minimum Gasteiger partial charge on any atom is -0.496 e. The van der Waals surface area contributed by atoms with Gasteiger partial charge in [-0.05, 0) is 23.7 Å². The molecular weight excluding hydrogens is 204 g/mol. The fourth-order valence-corrected chi connectivity index (χ4v) is 1.61. The molecule has 2 rings (SSSR count). The number of ether oxygens (including phenoxy) is 1. The van der Waals surface area contributed by atoms with Gasteiger partial charge in [0.25, 0.3) is 0 Å². The van der Waals surface area contributed by atoms with E-state index in [1.54, 1.807) is 18.2 Å². The van der Waals surface area contributed by atoms with Gasteiger partial charge in [-0.25, -0.2) is 0 Å². The number of carbonyl (C=O) groups is 1. The lowest BCUT2D eigenvalue weighted by Gasteiger charge is -1.99. The average Bonchev–Trinajstić information content (AvgIpc) is 2.52. The van der Waals surface area contributed by atoms with Gasteiger partial charge in [0, 0.05) is 0 Å². The van der Waals surface area contributed by atoms with Gasteiger partial charge in [0.15, 0.2) is 6.29 Å². The maximum absolute atomic E-state index is 10.8. The molecule has 0 radical (unpaired) electrons. The van der Waals surface area contributed by atoms with Crippen LogP contribution in [0.5, 0.6) is 5.75 Å². The van der Waals surface area contributed by atoms with Gasteiger partial charge in [0.2, 0.25) is 5.22 Å². The minimum atomic E-state index is 0.0968. The Balaban J connectivity index is 2.89. The Morgan fingerprint density at radius 3 is 2.93 bits per heavy atom. The van der Waals surface area contributed by atoms with E-state index in [9.17, 15) is 4.79 Å². The Hall–Kier alpha value is -1.48. The summed E-state index contributed by atoms with van der Waals surface area (Å²) >= 11 is 5.74. The van der Waals surface area contributed by atoms with Crippen LogP contribution in [0.25, 0.3) is 11.0 Å². The molecule has 14 heavy (non-hydrogen) atoms. The summed E-state index contributed by atoms with van der Waals surface area (Å²) in [5.74, 6) is 0.584. The van der Waals surface area contributed by atoms with Crippen molar-refractivity contribution in [1.29, 1.82) is 0 Å². The number of halogens is 1. The lowest BCUT2D eigenvalue weighted by atomic mass is 10.2. The van der Waals surface area contributed by atoms with Crippen molar-refractivity contribution < 1.29 is 13.9 Å². The van der Waals surface area contributed by atoms with Gasteiger partial charge in [-0.1, -0.05) is 6.07 Å². The Bertz CT molecular complexity index is 487. The third-order valence-electron chi connectivity index (χ3n) is 2.01. The van der Waals surface area contributed by atoms with Gasteiger partial charge in [0.05, 0.1) is 18.1 Å². The van der Waals surface area contributed by atoms with Gasteiger partial charge in [-0.3, -0.25) is 4.79 Å². The van der Waals surface area contributed by atoms with E-state index in [4.69, 9.17) is 20.8 Å². The lowest BCUT2D eigenvalue weighted by molar-refractivity contribution is 0.112. The summed E-state index contributed by atoms with van der Waals surface area (Å²) in [6.07, 6.45) is 0.663. The molecule has 0 aliphatic heterocycles. The number of carbonyl (C=O) groups excluding carboxylic acids is 1. The van der Waals surface area contributed by atoms with Crippen molar-refractivity contribution >= 4 is 28.9 Å². The fraction of sp³-hybridized carbons (Fsp3) is 0.100. The highest BCUT2D eigenvalue weighted by molar-refractivity contribution is 6.33. The molecule has 0 saturated carbocycles. The first-order chi connectivity index (χ1) is 6.77. The fourth-order valence-electron chi connectivity index (χ4n) is 1.39. The molecule has 3 nitrogen and oxygen atoms in total. The molecule has 1 aromatic heterocycles.